The van der Waals surface area contributed by atoms with Crippen LogP contribution in [0.1, 0.15) is 101 Å². The van der Waals surface area contributed by atoms with Crippen molar-refractivity contribution in [2.75, 3.05) is 21.2 Å². The number of rotatable bonds is 7. The lowest BCUT2D eigenvalue weighted by atomic mass is 9.76. The standard InChI is InChI=1S/C37H67NO11/c1-14-26-37(10,42)31(40)22(5)29-19(2)16-36(9,49-29)32(48-34-28(39)25(38(11)12)15-20(3)45-34)23(6)30(24(7)33(41)46-26)47-27-18-35(8,43-13)17-21(4)44-27/h19-32,34,39-40,42H,14-18H2,1-13H3/t19-,20-,21+,22+,23+,24-,25+,26-,27?,28-,29+,30+,31-,32-,34?,35+,36-,37-/m1/s1. The lowest BCUT2D eigenvalue weighted by Gasteiger charge is -2.48. The molecule has 4 fully saturated rings. The molecule has 18 atom stereocenters. The highest BCUT2D eigenvalue weighted by Crippen LogP contribution is 2.48. The predicted molar refractivity (Wildman–Crippen MR) is 183 cm³/mol. The molecule has 4 aliphatic rings. The Morgan fingerprint density at radius 1 is 0.918 bits per heavy atom. The minimum atomic E-state index is -1.75. The number of ether oxygens (including phenoxy) is 7. The van der Waals surface area contributed by atoms with E-state index in [0.717, 1.165) is 0 Å². The van der Waals surface area contributed by atoms with Gasteiger partial charge >= 0.3 is 5.97 Å². The van der Waals surface area contributed by atoms with Crippen LogP contribution < -0.4 is 0 Å². The summed E-state index contributed by atoms with van der Waals surface area (Å²) >= 11 is 0. The van der Waals surface area contributed by atoms with Crippen molar-refractivity contribution in [2.24, 2.45) is 23.7 Å². The highest BCUT2D eigenvalue weighted by atomic mass is 16.7. The van der Waals surface area contributed by atoms with E-state index in [2.05, 4.69) is 6.92 Å². The average Bonchev–Trinajstić information content (AvgIpc) is 3.34. The number of carbonyl (C=O) groups excluding carboxylic acids is 1. The Hall–Kier alpha value is -0.930. The van der Waals surface area contributed by atoms with Crippen molar-refractivity contribution in [1.29, 1.82) is 0 Å². The largest absolute Gasteiger partial charge is 0.459 e. The fourth-order valence-electron chi connectivity index (χ4n) is 9.25. The third kappa shape index (κ3) is 8.50. The summed E-state index contributed by atoms with van der Waals surface area (Å²) in [4.78, 5) is 16.1. The quantitative estimate of drug-likeness (QED) is 0.333. The highest BCUT2D eigenvalue weighted by molar-refractivity contribution is 5.73. The van der Waals surface area contributed by atoms with Gasteiger partial charge in [0.05, 0.1) is 53.7 Å². The van der Waals surface area contributed by atoms with Crippen LogP contribution >= 0.6 is 0 Å². The van der Waals surface area contributed by atoms with Gasteiger partial charge in [-0.25, -0.2) is 0 Å². The summed E-state index contributed by atoms with van der Waals surface area (Å²) in [5.41, 5.74) is -3.20. The molecule has 0 aromatic carbocycles. The first-order valence-electron chi connectivity index (χ1n) is 18.5. The number of esters is 1. The van der Waals surface area contributed by atoms with Gasteiger partial charge in [0.2, 0.25) is 0 Å². The van der Waals surface area contributed by atoms with E-state index < -0.39 is 89.7 Å². The highest BCUT2D eigenvalue weighted by Gasteiger charge is 2.57. The van der Waals surface area contributed by atoms with Gasteiger partial charge in [-0.3, -0.25) is 4.79 Å². The van der Waals surface area contributed by atoms with Crippen LogP contribution in [-0.2, 0) is 38.0 Å². The molecular formula is C37H67NO11. The second-order valence-corrected chi connectivity index (χ2v) is 16.8. The van der Waals surface area contributed by atoms with Crippen molar-refractivity contribution in [1.82, 2.24) is 4.90 Å². The van der Waals surface area contributed by atoms with E-state index in [1.165, 1.54) is 6.92 Å². The van der Waals surface area contributed by atoms with E-state index in [4.69, 9.17) is 33.2 Å². The Morgan fingerprint density at radius 3 is 2.16 bits per heavy atom. The topological polar surface area (TPSA) is 146 Å². The Morgan fingerprint density at radius 2 is 1.57 bits per heavy atom. The van der Waals surface area contributed by atoms with Crippen LogP contribution in [0.25, 0.3) is 0 Å². The van der Waals surface area contributed by atoms with E-state index in [1.54, 1.807) is 14.0 Å². The molecule has 3 N–H and O–H groups in total. The summed E-state index contributed by atoms with van der Waals surface area (Å²) in [6, 6.07) is -0.198. The first-order chi connectivity index (χ1) is 22.7. The summed E-state index contributed by atoms with van der Waals surface area (Å²) in [6.07, 6.45) is -4.58. The summed E-state index contributed by atoms with van der Waals surface area (Å²) < 4.78 is 45.3. The number of aliphatic hydroxyl groups is 3. The normalized spacial score (nSPS) is 51.9. The van der Waals surface area contributed by atoms with Crippen LogP contribution in [0.2, 0.25) is 0 Å². The number of hydrogen-bond acceptors (Lipinski definition) is 12. The SMILES string of the molecule is CC[C@H]1OC(=O)[C@H](C)[C@@H](OC2C[C@@](C)(OC)C[C@H](C)O2)[C@H](C)[C@@H](OC2O[C@H](C)C[C@H](N(C)C)[C@H]2O)[C@@]2(C)C[C@@H](C)[C@H](O2)[C@H](C)[C@@H](O)[C@]1(C)O. The van der Waals surface area contributed by atoms with E-state index >= 15 is 0 Å². The van der Waals surface area contributed by atoms with Crippen molar-refractivity contribution < 1.29 is 53.3 Å². The molecule has 0 aliphatic carbocycles. The maximum atomic E-state index is 14.1. The minimum Gasteiger partial charge on any atom is -0.459 e. The predicted octanol–water partition coefficient (Wildman–Crippen LogP) is 3.65. The third-order valence-electron chi connectivity index (χ3n) is 12.1. The van der Waals surface area contributed by atoms with Gasteiger partial charge < -0.3 is 53.4 Å². The number of likely N-dealkylation sites (N-methyl/N-ethyl adjacent to an activating group) is 1. The Kier molecular flexibility index (Phi) is 13.0. The van der Waals surface area contributed by atoms with Gasteiger partial charge in [0.1, 0.15) is 17.8 Å². The van der Waals surface area contributed by atoms with Gasteiger partial charge in [0.25, 0.3) is 0 Å². The monoisotopic (exact) mass is 701 g/mol. The molecule has 0 spiro atoms. The first-order valence-corrected chi connectivity index (χ1v) is 18.5. The van der Waals surface area contributed by atoms with Crippen LogP contribution in [0.4, 0.5) is 0 Å². The number of nitrogens with zero attached hydrogens (tertiary/aromatic N) is 1. The third-order valence-corrected chi connectivity index (χ3v) is 12.1. The molecule has 4 rings (SSSR count). The summed E-state index contributed by atoms with van der Waals surface area (Å²) in [6.45, 7) is 19.0. The first kappa shape index (κ1) is 40.8. The molecule has 2 bridgehead atoms. The minimum absolute atomic E-state index is 0.0262. The van der Waals surface area contributed by atoms with Crippen molar-refractivity contribution in [2.45, 2.75) is 186 Å². The molecule has 0 amide bonds. The van der Waals surface area contributed by atoms with Crippen LogP contribution in [0.3, 0.4) is 0 Å². The summed E-state index contributed by atoms with van der Waals surface area (Å²) in [5.74, 6) is -2.47. The molecule has 4 saturated heterocycles. The molecule has 0 aromatic heterocycles. The number of fused-ring (bicyclic) bond motifs is 2. The van der Waals surface area contributed by atoms with Crippen LogP contribution in [0.15, 0.2) is 0 Å². The lowest BCUT2D eigenvalue weighted by Crippen LogP contribution is -2.59. The van der Waals surface area contributed by atoms with Crippen molar-refractivity contribution in [3.8, 4) is 0 Å². The Balaban J connectivity index is 1.83. The molecule has 4 aliphatic heterocycles. The van der Waals surface area contributed by atoms with Gasteiger partial charge in [0, 0.05) is 37.8 Å². The van der Waals surface area contributed by atoms with E-state index in [9.17, 15) is 20.1 Å². The van der Waals surface area contributed by atoms with E-state index in [1.807, 2.05) is 67.5 Å². The molecule has 2 unspecified atom stereocenters. The van der Waals surface area contributed by atoms with E-state index in [0.29, 0.717) is 32.1 Å². The van der Waals surface area contributed by atoms with Gasteiger partial charge in [0.15, 0.2) is 12.6 Å². The molecule has 0 radical (unpaired) electrons. The summed E-state index contributed by atoms with van der Waals surface area (Å²) in [5, 5.41) is 35.0. The average molecular weight is 702 g/mol. The fourth-order valence-corrected chi connectivity index (χ4v) is 9.25. The molecule has 4 heterocycles. The zero-order valence-corrected chi connectivity index (χ0v) is 32.3. The second kappa shape index (κ2) is 15.6. The molecule has 12 nitrogen and oxygen atoms in total. The van der Waals surface area contributed by atoms with Crippen LogP contribution in [0, 0.1) is 23.7 Å². The molecule has 12 heteroatoms. The molecular weight excluding hydrogens is 634 g/mol. The molecule has 0 aromatic rings. The van der Waals surface area contributed by atoms with E-state index in [-0.39, 0.29) is 24.2 Å². The van der Waals surface area contributed by atoms with Crippen molar-refractivity contribution >= 4 is 5.97 Å². The maximum Gasteiger partial charge on any atom is 0.311 e. The number of cyclic esters (lactones) is 1. The smallest absolute Gasteiger partial charge is 0.311 e. The molecule has 286 valence electrons. The van der Waals surface area contributed by atoms with Crippen LogP contribution in [0.5, 0.6) is 0 Å². The Labute approximate surface area is 294 Å². The fraction of sp³-hybridized carbons (Fsp3) is 0.973. The number of carbonyl (C=O) groups is 1. The van der Waals surface area contributed by atoms with Crippen molar-refractivity contribution in [3.63, 3.8) is 0 Å². The van der Waals surface area contributed by atoms with Gasteiger partial charge in [-0.15, -0.1) is 0 Å². The number of methoxy groups -OCH3 is 1. The maximum absolute atomic E-state index is 14.1. The second-order valence-electron chi connectivity index (χ2n) is 16.8. The lowest BCUT2D eigenvalue weighted by molar-refractivity contribution is -0.311. The van der Waals surface area contributed by atoms with Gasteiger partial charge in [-0.1, -0.05) is 27.7 Å². The molecule has 0 saturated carbocycles. The van der Waals surface area contributed by atoms with Gasteiger partial charge in [-0.05, 0) is 80.8 Å². The summed E-state index contributed by atoms with van der Waals surface area (Å²) in [7, 11) is 5.54. The Bertz CT molecular complexity index is 1110. The van der Waals surface area contributed by atoms with Gasteiger partial charge in [-0.2, -0.15) is 0 Å². The number of hydrogen-bond donors (Lipinski definition) is 3. The molecule has 49 heavy (non-hydrogen) atoms. The number of aliphatic hydroxyl groups excluding tert-OH is 2. The zero-order chi connectivity index (χ0) is 36.8. The van der Waals surface area contributed by atoms with Crippen molar-refractivity contribution in [3.05, 3.63) is 0 Å². The van der Waals surface area contributed by atoms with Crippen LogP contribution in [-0.4, -0.2) is 132 Å². The zero-order valence-electron chi connectivity index (χ0n) is 32.3.